The summed E-state index contributed by atoms with van der Waals surface area (Å²) < 4.78 is 7.26. The number of aromatic carboxylic acids is 1. The van der Waals surface area contributed by atoms with E-state index in [-0.39, 0.29) is 5.82 Å². The maximum Gasteiger partial charge on any atom is 0.374 e. The van der Waals surface area contributed by atoms with Gasteiger partial charge in [-0.05, 0) is 63.2 Å². The van der Waals surface area contributed by atoms with Gasteiger partial charge >= 0.3 is 5.97 Å². The third kappa shape index (κ3) is 4.22. The fourth-order valence-electron chi connectivity index (χ4n) is 3.83. The van der Waals surface area contributed by atoms with Crippen molar-refractivity contribution in [3.8, 4) is 17.1 Å². The molecule has 0 saturated carbocycles. The second kappa shape index (κ2) is 8.57. The molecule has 1 saturated heterocycles. The van der Waals surface area contributed by atoms with Crippen LogP contribution in [0, 0.1) is 0 Å². The third-order valence-corrected chi connectivity index (χ3v) is 5.33. The normalized spacial score (nSPS) is 14.9. The van der Waals surface area contributed by atoms with Crippen molar-refractivity contribution in [3.63, 3.8) is 0 Å². The summed E-state index contributed by atoms with van der Waals surface area (Å²) in [6, 6.07) is 7.68. The molecule has 29 heavy (non-hydrogen) atoms. The summed E-state index contributed by atoms with van der Waals surface area (Å²) in [5.41, 5.74) is 2.08. The summed E-state index contributed by atoms with van der Waals surface area (Å²) in [4.78, 5) is 26.7. The van der Waals surface area contributed by atoms with Crippen LogP contribution in [0.5, 0.6) is 5.75 Å². The van der Waals surface area contributed by atoms with E-state index in [0.29, 0.717) is 17.7 Å². The van der Waals surface area contributed by atoms with E-state index in [4.69, 9.17) is 9.72 Å². The number of likely N-dealkylation sites (tertiary alicyclic amines) is 1. The molecule has 1 fully saturated rings. The summed E-state index contributed by atoms with van der Waals surface area (Å²) in [6.07, 6.45) is 6.28. The molecule has 1 aliphatic rings. The monoisotopic (exact) mass is 395 g/mol. The average molecular weight is 395 g/mol. The number of hydrogen-bond donors (Lipinski definition) is 1. The molecule has 8 nitrogen and oxygen atoms in total. The predicted octanol–water partition coefficient (Wildman–Crippen LogP) is 3.08. The van der Waals surface area contributed by atoms with Gasteiger partial charge in [-0.25, -0.2) is 19.7 Å². The highest BCUT2D eigenvalue weighted by Crippen LogP contribution is 2.26. The van der Waals surface area contributed by atoms with Crippen LogP contribution in [0.4, 0.5) is 0 Å². The first kappa shape index (κ1) is 19.3. The molecule has 3 heterocycles. The van der Waals surface area contributed by atoms with E-state index in [1.807, 2.05) is 28.8 Å². The standard InChI is InChI=1S/C21H25N5O3/c1-29-16-8-6-15(7-9-16)19-23-17-14-22-18(21(27)28)24-20(17)26(19)13-5-12-25-10-3-2-4-11-25/h6-9,14H,2-5,10-13H2,1H3,(H,27,28). The largest absolute Gasteiger partial charge is 0.497 e. The molecule has 0 spiro atoms. The molecule has 1 N–H and O–H groups in total. The van der Waals surface area contributed by atoms with E-state index in [9.17, 15) is 9.90 Å². The summed E-state index contributed by atoms with van der Waals surface area (Å²) in [5, 5.41) is 9.29. The number of carboxylic acid groups (broad SMARTS) is 1. The topological polar surface area (TPSA) is 93.4 Å². The van der Waals surface area contributed by atoms with Gasteiger partial charge in [-0.2, -0.15) is 0 Å². The first-order valence-electron chi connectivity index (χ1n) is 9.99. The molecule has 4 rings (SSSR count). The van der Waals surface area contributed by atoms with E-state index < -0.39 is 5.97 Å². The van der Waals surface area contributed by atoms with Crippen molar-refractivity contribution in [3.05, 3.63) is 36.3 Å². The average Bonchev–Trinajstić information content (AvgIpc) is 3.12. The van der Waals surface area contributed by atoms with Gasteiger partial charge in [-0.15, -0.1) is 0 Å². The van der Waals surface area contributed by atoms with E-state index in [0.717, 1.165) is 43.2 Å². The van der Waals surface area contributed by atoms with Crippen molar-refractivity contribution in [1.82, 2.24) is 24.4 Å². The molecule has 1 aliphatic heterocycles. The molecule has 0 aliphatic carbocycles. The lowest BCUT2D eigenvalue weighted by Gasteiger charge is -2.26. The first-order chi connectivity index (χ1) is 14.2. The quantitative estimate of drug-likeness (QED) is 0.657. The van der Waals surface area contributed by atoms with Crippen molar-refractivity contribution in [1.29, 1.82) is 0 Å². The fourth-order valence-corrected chi connectivity index (χ4v) is 3.83. The van der Waals surface area contributed by atoms with Gasteiger partial charge in [0.2, 0.25) is 5.82 Å². The van der Waals surface area contributed by atoms with Crippen LogP contribution in [0.1, 0.15) is 36.3 Å². The summed E-state index contributed by atoms with van der Waals surface area (Å²) in [6.45, 7) is 4.03. The number of methoxy groups -OCH3 is 1. The zero-order chi connectivity index (χ0) is 20.2. The minimum atomic E-state index is -1.14. The minimum absolute atomic E-state index is 0.212. The SMILES string of the molecule is COc1ccc(-c2nc3cnc(C(=O)O)nc3n2CCCN2CCCCC2)cc1. The summed E-state index contributed by atoms with van der Waals surface area (Å²) >= 11 is 0. The second-order valence-electron chi connectivity index (χ2n) is 7.28. The molecule has 152 valence electrons. The number of aromatic nitrogens is 4. The van der Waals surface area contributed by atoms with Gasteiger partial charge in [0.1, 0.15) is 17.1 Å². The molecule has 8 heteroatoms. The van der Waals surface area contributed by atoms with Gasteiger partial charge in [-0.3, -0.25) is 0 Å². The van der Waals surface area contributed by atoms with Crippen LogP contribution in [0.2, 0.25) is 0 Å². The van der Waals surface area contributed by atoms with Gasteiger partial charge in [-0.1, -0.05) is 6.42 Å². The van der Waals surface area contributed by atoms with E-state index in [1.165, 1.54) is 25.5 Å². The highest BCUT2D eigenvalue weighted by atomic mass is 16.5. The Morgan fingerprint density at radius 2 is 1.86 bits per heavy atom. The Morgan fingerprint density at radius 3 is 2.55 bits per heavy atom. The number of ether oxygens (including phenoxy) is 1. The molecule has 2 aromatic heterocycles. The number of nitrogens with zero attached hydrogens (tertiary/aromatic N) is 5. The van der Waals surface area contributed by atoms with Crippen LogP contribution < -0.4 is 4.74 Å². The number of carboxylic acids is 1. The van der Waals surface area contributed by atoms with Crippen molar-refractivity contribution in [2.75, 3.05) is 26.7 Å². The molecule has 0 bridgehead atoms. The Hall–Kier alpha value is -3.00. The lowest BCUT2D eigenvalue weighted by atomic mass is 10.1. The number of aryl methyl sites for hydroxylation is 1. The number of rotatable bonds is 7. The van der Waals surface area contributed by atoms with E-state index in [2.05, 4.69) is 14.9 Å². The van der Waals surface area contributed by atoms with Gasteiger partial charge < -0.3 is 19.3 Å². The lowest BCUT2D eigenvalue weighted by Crippen LogP contribution is -2.31. The maximum absolute atomic E-state index is 11.3. The van der Waals surface area contributed by atoms with Crippen LogP contribution in [0.15, 0.2) is 30.5 Å². The molecular formula is C21H25N5O3. The van der Waals surface area contributed by atoms with Gasteiger partial charge in [0.25, 0.3) is 0 Å². The van der Waals surface area contributed by atoms with Gasteiger partial charge in [0.05, 0.1) is 13.3 Å². The maximum atomic E-state index is 11.3. The van der Waals surface area contributed by atoms with Gasteiger partial charge in [0.15, 0.2) is 5.65 Å². The molecule has 0 radical (unpaired) electrons. The van der Waals surface area contributed by atoms with Crippen molar-refractivity contribution in [2.24, 2.45) is 0 Å². The summed E-state index contributed by atoms with van der Waals surface area (Å²) in [7, 11) is 1.63. The number of hydrogen-bond acceptors (Lipinski definition) is 6. The van der Waals surface area contributed by atoms with Crippen molar-refractivity contribution in [2.45, 2.75) is 32.2 Å². The molecule has 1 aromatic carbocycles. The van der Waals surface area contributed by atoms with Crippen molar-refractivity contribution >= 4 is 17.1 Å². The Bertz CT molecular complexity index is 993. The number of carbonyl (C=O) groups is 1. The van der Waals surface area contributed by atoms with E-state index >= 15 is 0 Å². The third-order valence-electron chi connectivity index (χ3n) is 5.33. The van der Waals surface area contributed by atoms with Crippen molar-refractivity contribution < 1.29 is 14.6 Å². The number of piperidine rings is 1. The minimum Gasteiger partial charge on any atom is -0.497 e. The predicted molar refractivity (Wildman–Crippen MR) is 109 cm³/mol. The molecule has 0 amide bonds. The van der Waals surface area contributed by atoms with Crippen LogP contribution in [0.3, 0.4) is 0 Å². The Balaban J connectivity index is 1.66. The Labute approximate surface area is 169 Å². The molecule has 0 unspecified atom stereocenters. The highest BCUT2D eigenvalue weighted by molar-refractivity contribution is 5.86. The smallest absolute Gasteiger partial charge is 0.374 e. The second-order valence-corrected chi connectivity index (χ2v) is 7.28. The van der Waals surface area contributed by atoms with Crippen LogP contribution >= 0.6 is 0 Å². The molecule has 0 atom stereocenters. The van der Waals surface area contributed by atoms with Crippen LogP contribution in [0.25, 0.3) is 22.6 Å². The summed E-state index contributed by atoms with van der Waals surface area (Å²) in [5.74, 6) is 0.183. The van der Waals surface area contributed by atoms with Crippen LogP contribution in [-0.2, 0) is 6.54 Å². The number of imidazole rings is 1. The highest BCUT2D eigenvalue weighted by Gasteiger charge is 2.18. The van der Waals surface area contributed by atoms with Crippen LogP contribution in [-0.4, -0.2) is 62.2 Å². The first-order valence-corrected chi connectivity index (χ1v) is 9.99. The molecular weight excluding hydrogens is 370 g/mol. The Morgan fingerprint density at radius 1 is 1.10 bits per heavy atom. The lowest BCUT2D eigenvalue weighted by molar-refractivity contribution is 0.0684. The molecule has 3 aromatic rings. The van der Waals surface area contributed by atoms with Gasteiger partial charge in [0, 0.05) is 12.1 Å². The zero-order valence-electron chi connectivity index (χ0n) is 16.5. The Kier molecular flexibility index (Phi) is 5.71. The number of fused-ring (bicyclic) bond motifs is 1. The number of benzene rings is 1. The fraction of sp³-hybridized carbons (Fsp3) is 0.429. The zero-order valence-corrected chi connectivity index (χ0v) is 16.5. The van der Waals surface area contributed by atoms with E-state index in [1.54, 1.807) is 7.11 Å².